The zero-order chi connectivity index (χ0) is 12.4. The highest BCUT2D eigenvalue weighted by atomic mass is 19.2. The highest BCUT2D eigenvalue weighted by Crippen LogP contribution is 2.20. The van der Waals surface area contributed by atoms with Crippen molar-refractivity contribution < 1.29 is 18.7 Å². The van der Waals surface area contributed by atoms with E-state index in [2.05, 4.69) is 4.98 Å². The van der Waals surface area contributed by atoms with E-state index in [4.69, 9.17) is 5.11 Å². The lowest BCUT2D eigenvalue weighted by molar-refractivity contribution is 0.0683. The standard InChI is InChI=1S/C12H7F2NO2/c13-8-6-9(7-4-2-1-3-5-7)15-11(10(8)14)12(16)17/h1-6H,(H,16,17). The molecule has 1 aromatic heterocycles. The van der Waals surface area contributed by atoms with E-state index in [1.165, 1.54) is 0 Å². The number of pyridine rings is 1. The van der Waals surface area contributed by atoms with E-state index < -0.39 is 23.3 Å². The molecule has 2 aromatic rings. The van der Waals surface area contributed by atoms with E-state index in [-0.39, 0.29) is 5.69 Å². The molecule has 0 aliphatic rings. The van der Waals surface area contributed by atoms with Crippen molar-refractivity contribution in [3.63, 3.8) is 0 Å². The average molecular weight is 235 g/mol. The van der Waals surface area contributed by atoms with E-state index in [1.807, 2.05) is 0 Å². The summed E-state index contributed by atoms with van der Waals surface area (Å²) in [6.45, 7) is 0. The number of carboxylic acid groups (broad SMARTS) is 1. The molecule has 0 radical (unpaired) electrons. The van der Waals surface area contributed by atoms with Crippen molar-refractivity contribution in [1.82, 2.24) is 4.98 Å². The monoisotopic (exact) mass is 235 g/mol. The van der Waals surface area contributed by atoms with Crippen LogP contribution in [0.3, 0.4) is 0 Å². The Kier molecular flexibility index (Phi) is 2.82. The molecule has 0 unspecified atom stereocenters. The number of hydrogen-bond acceptors (Lipinski definition) is 2. The molecule has 1 N–H and O–H groups in total. The highest BCUT2D eigenvalue weighted by molar-refractivity contribution is 5.86. The topological polar surface area (TPSA) is 50.2 Å². The number of rotatable bonds is 2. The lowest BCUT2D eigenvalue weighted by Gasteiger charge is -2.04. The Morgan fingerprint density at radius 2 is 1.82 bits per heavy atom. The molecule has 0 saturated heterocycles. The molecular formula is C12H7F2NO2. The fourth-order valence-electron chi connectivity index (χ4n) is 1.40. The van der Waals surface area contributed by atoms with Crippen molar-refractivity contribution in [3.05, 3.63) is 53.7 Å². The number of nitrogens with zero attached hydrogens (tertiary/aromatic N) is 1. The van der Waals surface area contributed by atoms with Gasteiger partial charge in [-0.3, -0.25) is 0 Å². The molecule has 0 aliphatic carbocycles. The Hall–Kier alpha value is -2.30. The third-order valence-electron chi connectivity index (χ3n) is 2.19. The highest BCUT2D eigenvalue weighted by Gasteiger charge is 2.18. The van der Waals surface area contributed by atoms with Crippen LogP contribution in [-0.2, 0) is 0 Å². The smallest absolute Gasteiger partial charge is 0.357 e. The summed E-state index contributed by atoms with van der Waals surface area (Å²) in [7, 11) is 0. The van der Waals surface area contributed by atoms with Gasteiger partial charge in [0.15, 0.2) is 17.3 Å². The van der Waals surface area contributed by atoms with Crippen LogP contribution in [0.15, 0.2) is 36.4 Å². The number of halogens is 2. The zero-order valence-electron chi connectivity index (χ0n) is 8.52. The Morgan fingerprint density at radius 1 is 1.18 bits per heavy atom. The minimum Gasteiger partial charge on any atom is -0.476 e. The summed E-state index contributed by atoms with van der Waals surface area (Å²) in [5.74, 6) is -4.27. The molecule has 1 aromatic carbocycles. The molecule has 0 amide bonds. The first-order valence-corrected chi connectivity index (χ1v) is 4.74. The van der Waals surface area contributed by atoms with Crippen LogP contribution >= 0.6 is 0 Å². The zero-order valence-corrected chi connectivity index (χ0v) is 8.52. The Labute approximate surface area is 95.4 Å². The van der Waals surface area contributed by atoms with E-state index in [0.717, 1.165) is 6.07 Å². The molecule has 0 aliphatic heterocycles. The predicted molar refractivity (Wildman–Crippen MR) is 56.5 cm³/mol. The summed E-state index contributed by atoms with van der Waals surface area (Å²) in [6.07, 6.45) is 0. The molecule has 0 spiro atoms. The molecule has 2 rings (SSSR count). The fraction of sp³-hybridized carbons (Fsp3) is 0. The SMILES string of the molecule is O=C(O)c1nc(-c2ccccc2)cc(F)c1F. The number of carbonyl (C=O) groups is 1. The Bertz CT molecular complexity index is 570. The Balaban J connectivity index is 2.61. The minimum absolute atomic E-state index is 0.0851. The number of benzene rings is 1. The van der Waals surface area contributed by atoms with Gasteiger partial charge in [0.1, 0.15) is 0 Å². The molecule has 0 bridgehead atoms. The first-order chi connectivity index (χ1) is 8.09. The summed E-state index contributed by atoms with van der Waals surface area (Å²) >= 11 is 0. The van der Waals surface area contributed by atoms with Gasteiger partial charge >= 0.3 is 5.97 Å². The first kappa shape index (κ1) is 11.2. The van der Waals surface area contributed by atoms with Crippen LogP contribution in [0.4, 0.5) is 8.78 Å². The molecule has 3 nitrogen and oxygen atoms in total. The van der Waals surface area contributed by atoms with E-state index in [0.29, 0.717) is 5.56 Å². The number of carboxylic acids is 1. The van der Waals surface area contributed by atoms with Crippen LogP contribution in [0.1, 0.15) is 10.5 Å². The van der Waals surface area contributed by atoms with Gasteiger partial charge in [0.25, 0.3) is 0 Å². The van der Waals surface area contributed by atoms with Crippen LogP contribution in [0.25, 0.3) is 11.3 Å². The van der Waals surface area contributed by atoms with Gasteiger partial charge in [-0.1, -0.05) is 30.3 Å². The van der Waals surface area contributed by atoms with Crippen molar-refractivity contribution >= 4 is 5.97 Å². The van der Waals surface area contributed by atoms with Gasteiger partial charge in [-0.15, -0.1) is 0 Å². The molecule has 0 fully saturated rings. The molecule has 17 heavy (non-hydrogen) atoms. The Morgan fingerprint density at radius 3 is 2.41 bits per heavy atom. The average Bonchev–Trinajstić information content (AvgIpc) is 2.33. The number of aromatic nitrogens is 1. The van der Waals surface area contributed by atoms with Crippen LogP contribution in [0.5, 0.6) is 0 Å². The van der Waals surface area contributed by atoms with Crippen LogP contribution in [0.2, 0.25) is 0 Å². The van der Waals surface area contributed by atoms with Gasteiger partial charge in [-0.05, 0) is 0 Å². The molecule has 0 saturated carbocycles. The summed E-state index contributed by atoms with van der Waals surface area (Å²) < 4.78 is 26.3. The second-order valence-electron chi connectivity index (χ2n) is 3.32. The van der Waals surface area contributed by atoms with Gasteiger partial charge in [0.05, 0.1) is 5.69 Å². The van der Waals surface area contributed by atoms with Crippen molar-refractivity contribution in [2.24, 2.45) is 0 Å². The molecule has 86 valence electrons. The maximum atomic E-state index is 13.2. The normalized spacial score (nSPS) is 10.2. The molecule has 0 atom stereocenters. The quantitative estimate of drug-likeness (QED) is 0.870. The van der Waals surface area contributed by atoms with Gasteiger partial charge in [0, 0.05) is 11.6 Å². The van der Waals surface area contributed by atoms with Crippen molar-refractivity contribution in [3.8, 4) is 11.3 Å². The van der Waals surface area contributed by atoms with Gasteiger partial charge in [0.2, 0.25) is 0 Å². The van der Waals surface area contributed by atoms with Gasteiger partial charge in [-0.25, -0.2) is 18.6 Å². The fourth-order valence-corrected chi connectivity index (χ4v) is 1.40. The minimum atomic E-state index is -1.60. The van der Waals surface area contributed by atoms with Gasteiger partial charge in [-0.2, -0.15) is 0 Å². The molecular weight excluding hydrogens is 228 g/mol. The second-order valence-corrected chi connectivity index (χ2v) is 3.32. The largest absolute Gasteiger partial charge is 0.476 e. The lowest BCUT2D eigenvalue weighted by atomic mass is 10.1. The lowest BCUT2D eigenvalue weighted by Crippen LogP contribution is -2.07. The molecule has 1 heterocycles. The number of hydrogen-bond donors (Lipinski definition) is 1. The van der Waals surface area contributed by atoms with Crippen molar-refractivity contribution in [1.29, 1.82) is 0 Å². The number of aromatic carboxylic acids is 1. The predicted octanol–water partition coefficient (Wildman–Crippen LogP) is 2.73. The third-order valence-corrected chi connectivity index (χ3v) is 2.19. The van der Waals surface area contributed by atoms with Crippen LogP contribution < -0.4 is 0 Å². The third kappa shape index (κ3) is 2.13. The summed E-state index contributed by atoms with van der Waals surface area (Å²) in [5, 5.41) is 8.69. The van der Waals surface area contributed by atoms with Crippen LogP contribution in [-0.4, -0.2) is 16.1 Å². The molecule has 5 heteroatoms. The maximum absolute atomic E-state index is 13.2. The summed E-state index contributed by atoms with van der Waals surface area (Å²) in [4.78, 5) is 14.3. The first-order valence-electron chi connectivity index (χ1n) is 4.74. The summed E-state index contributed by atoms with van der Waals surface area (Å²) in [6, 6.07) is 9.27. The summed E-state index contributed by atoms with van der Waals surface area (Å²) in [5.41, 5.74) is -0.306. The van der Waals surface area contributed by atoms with E-state index in [1.54, 1.807) is 30.3 Å². The van der Waals surface area contributed by atoms with Crippen LogP contribution in [0, 0.1) is 11.6 Å². The van der Waals surface area contributed by atoms with Gasteiger partial charge < -0.3 is 5.11 Å². The van der Waals surface area contributed by atoms with E-state index in [9.17, 15) is 13.6 Å². The van der Waals surface area contributed by atoms with Crippen molar-refractivity contribution in [2.75, 3.05) is 0 Å². The van der Waals surface area contributed by atoms with E-state index >= 15 is 0 Å². The van der Waals surface area contributed by atoms with Crippen molar-refractivity contribution in [2.45, 2.75) is 0 Å². The second kappa shape index (κ2) is 4.29. The maximum Gasteiger partial charge on any atom is 0.357 e.